The minimum Gasteiger partial charge on any atom is -0.508 e. The van der Waals surface area contributed by atoms with Crippen molar-refractivity contribution in [1.29, 1.82) is 0 Å². The molecule has 0 amide bonds. The number of hydrogen-bond donors (Lipinski definition) is 1. The number of para-hydroxylation sites is 1. The standard InChI is InChI=1S/C12H10N2O2/c15-12-8-4-7-11(9-12)14(13-16)10-5-2-1-3-6-10/h1-9,15H. The van der Waals surface area contributed by atoms with Crippen LogP contribution in [0, 0.1) is 4.91 Å². The summed E-state index contributed by atoms with van der Waals surface area (Å²) >= 11 is 0. The highest BCUT2D eigenvalue weighted by Crippen LogP contribution is 2.27. The van der Waals surface area contributed by atoms with Crippen molar-refractivity contribution >= 4 is 11.4 Å². The van der Waals surface area contributed by atoms with E-state index in [0.717, 1.165) is 0 Å². The van der Waals surface area contributed by atoms with Gasteiger partial charge in [0.05, 0.1) is 16.7 Å². The second kappa shape index (κ2) is 4.44. The molecule has 0 aliphatic carbocycles. The lowest BCUT2D eigenvalue weighted by Gasteiger charge is -2.14. The molecule has 0 spiro atoms. The smallest absolute Gasteiger partial charge is 0.117 e. The van der Waals surface area contributed by atoms with Crippen molar-refractivity contribution in [2.45, 2.75) is 0 Å². The largest absolute Gasteiger partial charge is 0.508 e. The van der Waals surface area contributed by atoms with Gasteiger partial charge in [0.25, 0.3) is 0 Å². The molecule has 0 unspecified atom stereocenters. The molecule has 0 radical (unpaired) electrons. The number of benzene rings is 2. The third-order valence-electron chi connectivity index (χ3n) is 2.16. The van der Waals surface area contributed by atoms with Gasteiger partial charge < -0.3 is 5.11 Å². The number of nitroso groups, excluding NO2 is 1. The second-order valence-electron chi connectivity index (χ2n) is 3.25. The van der Waals surface area contributed by atoms with Gasteiger partial charge in [-0.05, 0) is 24.3 Å². The summed E-state index contributed by atoms with van der Waals surface area (Å²) in [5.74, 6) is 0.0991. The topological polar surface area (TPSA) is 52.9 Å². The van der Waals surface area contributed by atoms with E-state index in [1.807, 2.05) is 18.2 Å². The average Bonchev–Trinajstić information content (AvgIpc) is 2.31. The van der Waals surface area contributed by atoms with Crippen LogP contribution in [0.4, 0.5) is 11.4 Å². The Morgan fingerprint density at radius 2 is 1.62 bits per heavy atom. The highest BCUT2D eigenvalue weighted by atomic mass is 16.3. The van der Waals surface area contributed by atoms with Crippen LogP contribution >= 0.6 is 0 Å². The Morgan fingerprint density at radius 3 is 2.25 bits per heavy atom. The fourth-order valence-corrected chi connectivity index (χ4v) is 1.44. The van der Waals surface area contributed by atoms with E-state index in [-0.39, 0.29) is 5.75 Å². The summed E-state index contributed by atoms with van der Waals surface area (Å²) in [4.78, 5) is 10.8. The van der Waals surface area contributed by atoms with Crippen LogP contribution in [-0.4, -0.2) is 5.11 Å². The summed E-state index contributed by atoms with van der Waals surface area (Å²) in [7, 11) is 0. The maximum absolute atomic E-state index is 10.8. The first-order chi connectivity index (χ1) is 7.81. The molecule has 4 nitrogen and oxygen atoms in total. The summed E-state index contributed by atoms with van der Waals surface area (Å²) in [6.45, 7) is 0. The summed E-state index contributed by atoms with van der Waals surface area (Å²) in [5.41, 5.74) is 1.18. The Hall–Kier alpha value is -2.36. The summed E-state index contributed by atoms with van der Waals surface area (Å²) in [5, 5.41) is 13.5. The monoisotopic (exact) mass is 214 g/mol. The first-order valence-electron chi connectivity index (χ1n) is 4.79. The van der Waals surface area contributed by atoms with E-state index in [0.29, 0.717) is 11.4 Å². The molecular weight excluding hydrogens is 204 g/mol. The fraction of sp³-hybridized carbons (Fsp3) is 0. The number of aromatic hydroxyl groups is 1. The van der Waals surface area contributed by atoms with Crippen LogP contribution in [0.1, 0.15) is 0 Å². The van der Waals surface area contributed by atoms with Gasteiger partial charge in [-0.15, -0.1) is 4.91 Å². The summed E-state index contributed by atoms with van der Waals surface area (Å²) in [6, 6.07) is 15.4. The number of anilines is 2. The number of phenolic OH excluding ortho intramolecular Hbond substituents is 1. The predicted molar refractivity (Wildman–Crippen MR) is 62.5 cm³/mol. The first-order valence-corrected chi connectivity index (χ1v) is 4.79. The minimum absolute atomic E-state index is 0.0991. The van der Waals surface area contributed by atoms with E-state index in [1.165, 1.54) is 17.1 Å². The SMILES string of the molecule is O=NN(c1ccccc1)c1cccc(O)c1. The molecule has 0 aromatic heterocycles. The molecule has 2 aromatic rings. The van der Waals surface area contributed by atoms with Gasteiger partial charge in [0, 0.05) is 6.07 Å². The Kier molecular flexibility index (Phi) is 2.82. The molecule has 80 valence electrons. The quantitative estimate of drug-likeness (QED) is 0.630. The Morgan fingerprint density at radius 1 is 0.938 bits per heavy atom. The highest BCUT2D eigenvalue weighted by Gasteiger charge is 2.09. The molecule has 0 atom stereocenters. The molecule has 0 aliphatic heterocycles. The van der Waals surface area contributed by atoms with E-state index in [1.54, 1.807) is 24.3 Å². The fourth-order valence-electron chi connectivity index (χ4n) is 1.44. The van der Waals surface area contributed by atoms with E-state index < -0.39 is 0 Å². The number of rotatable bonds is 3. The summed E-state index contributed by atoms with van der Waals surface area (Å²) < 4.78 is 0. The molecule has 16 heavy (non-hydrogen) atoms. The van der Waals surface area contributed by atoms with Gasteiger partial charge in [0.1, 0.15) is 5.75 Å². The average molecular weight is 214 g/mol. The zero-order valence-corrected chi connectivity index (χ0v) is 8.45. The van der Waals surface area contributed by atoms with Crippen molar-refractivity contribution in [3.63, 3.8) is 0 Å². The lowest BCUT2D eigenvalue weighted by molar-refractivity contribution is 0.475. The second-order valence-corrected chi connectivity index (χ2v) is 3.25. The molecule has 0 saturated heterocycles. The molecule has 2 rings (SSSR count). The van der Waals surface area contributed by atoms with Crippen LogP contribution in [0.25, 0.3) is 0 Å². The lowest BCUT2D eigenvalue weighted by atomic mass is 10.2. The summed E-state index contributed by atoms with van der Waals surface area (Å²) in [6.07, 6.45) is 0. The molecule has 0 saturated carbocycles. The highest BCUT2D eigenvalue weighted by molar-refractivity contribution is 5.63. The Balaban J connectivity index is 2.41. The number of hydrogen-bond acceptors (Lipinski definition) is 3. The van der Waals surface area contributed by atoms with Crippen molar-refractivity contribution < 1.29 is 5.11 Å². The van der Waals surface area contributed by atoms with Crippen LogP contribution in [0.3, 0.4) is 0 Å². The van der Waals surface area contributed by atoms with Gasteiger partial charge in [0.2, 0.25) is 0 Å². The van der Waals surface area contributed by atoms with Crippen LogP contribution in [0.2, 0.25) is 0 Å². The van der Waals surface area contributed by atoms with Crippen LogP contribution in [0.15, 0.2) is 59.9 Å². The van der Waals surface area contributed by atoms with E-state index in [2.05, 4.69) is 5.29 Å². The normalized spacial score (nSPS) is 9.75. The van der Waals surface area contributed by atoms with Crippen LogP contribution < -0.4 is 5.01 Å². The van der Waals surface area contributed by atoms with Gasteiger partial charge in [-0.25, -0.2) is 0 Å². The molecular formula is C12H10N2O2. The third-order valence-corrected chi connectivity index (χ3v) is 2.16. The molecule has 0 heterocycles. The predicted octanol–water partition coefficient (Wildman–Crippen LogP) is 3.21. The van der Waals surface area contributed by atoms with Gasteiger partial charge in [-0.2, -0.15) is 5.01 Å². The first kappa shape index (κ1) is 10.2. The number of phenols is 1. The molecule has 0 fully saturated rings. The molecule has 2 aromatic carbocycles. The molecule has 4 heteroatoms. The Bertz CT molecular complexity index is 485. The van der Waals surface area contributed by atoms with Crippen molar-refractivity contribution in [1.82, 2.24) is 0 Å². The molecule has 0 aliphatic rings. The maximum atomic E-state index is 10.8. The zero-order chi connectivity index (χ0) is 11.4. The van der Waals surface area contributed by atoms with Gasteiger partial charge >= 0.3 is 0 Å². The van der Waals surface area contributed by atoms with Gasteiger partial charge in [-0.3, -0.25) is 0 Å². The number of nitrogens with zero attached hydrogens (tertiary/aromatic N) is 2. The van der Waals surface area contributed by atoms with Gasteiger partial charge in [-0.1, -0.05) is 24.3 Å². The van der Waals surface area contributed by atoms with Crippen molar-refractivity contribution in [2.75, 3.05) is 5.01 Å². The van der Waals surface area contributed by atoms with Crippen molar-refractivity contribution in [3.8, 4) is 5.75 Å². The molecule has 0 bridgehead atoms. The zero-order valence-electron chi connectivity index (χ0n) is 8.45. The van der Waals surface area contributed by atoms with Crippen molar-refractivity contribution in [3.05, 3.63) is 59.5 Å². The van der Waals surface area contributed by atoms with Gasteiger partial charge in [0.15, 0.2) is 0 Å². The van der Waals surface area contributed by atoms with Crippen LogP contribution in [0.5, 0.6) is 5.75 Å². The maximum Gasteiger partial charge on any atom is 0.117 e. The Labute approximate surface area is 92.7 Å². The minimum atomic E-state index is 0.0991. The van der Waals surface area contributed by atoms with E-state index in [4.69, 9.17) is 0 Å². The van der Waals surface area contributed by atoms with E-state index in [9.17, 15) is 10.0 Å². The molecule has 1 N–H and O–H groups in total. The van der Waals surface area contributed by atoms with E-state index >= 15 is 0 Å². The third kappa shape index (κ3) is 2.00. The van der Waals surface area contributed by atoms with Crippen molar-refractivity contribution in [2.24, 2.45) is 5.29 Å². The lowest BCUT2D eigenvalue weighted by Crippen LogP contribution is -2.06. The van der Waals surface area contributed by atoms with Crippen LogP contribution in [-0.2, 0) is 0 Å².